The molecule has 0 aliphatic heterocycles. The Bertz CT molecular complexity index is 1680. The van der Waals surface area contributed by atoms with Gasteiger partial charge in [-0.15, -0.1) is 0 Å². The van der Waals surface area contributed by atoms with Gasteiger partial charge in [0.05, 0.1) is 5.41 Å². The maximum Gasteiger partial charge on any atom is 0.0719 e. The molecule has 0 N–H and O–H groups in total. The van der Waals surface area contributed by atoms with Crippen LogP contribution in [0, 0.1) is 0 Å². The van der Waals surface area contributed by atoms with Crippen molar-refractivity contribution >= 4 is 26.7 Å². The number of hydrogen-bond donors (Lipinski definition) is 0. The first-order chi connectivity index (χ1) is 17.8. The smallest absolute Gasteiger partial charge is 0.0622 e. The maximum absolute atomic E-state index is 3.61. The Hall–Kier alpha value is -3.94. The molecule has 6 aromatic rings. The quantitative estimate of drug-likeness (QED) is 0.216. The van der Waals surface area contributed by atoms with Crippen molar-refractivity contribution in [1.82, 2.24) is 0 Å². The van der Waals surface area contributed by atoms with Crippen LogP contribution in [-0.2, 0) is 5.41 Å². The molecule has 0 radical (unpaired) electrons. The Morgan fingerprint density at radius 2 is 1.00 bits per heavy atom. The Morgan fingerprint density at radius 1 is 0.444 bits per heavy atom. The fourth-order valence-corrected chi connectivity index (χ4v) is 6.45. The van der Waals surface area contributed by atoms with E-state index in [-0.39, 0.29) is 0 Å². The van der Waals surface area contributed by atoms with Crippen molar-refractivity contribution < 1.29 is 0 Å². The molecular formula is C35H23Br. The molecule has 0 saturated carbocycles. The highest BCUT2D eigenvalue weighted by Gasteiger charge is 2.47. The van der Waals surface area contributed by atoms with Crippen molar-refractivity contribution in [3.8, 4) is 22.3 Å². The Balaban J connectivity index is 1.69. The fraction of sp³-hybridized carbons (Fsp3) is 0.0286. The maximum atomic E-state index is 3.61. The first-order valence-corrected chi connectivity index (χ1v) is 13.1. The van der Waals surface area contributed by atoms with E-state index in [0.29, 0.717) is 0 Å². The van der Waals surface area contributed by atoms with Crippen LogP contribution in [0.5, 0.6) is 0 Å². The molecule has 6 aromatic carbocycles. The molecular weight excluding hydrogens is 500 g/mol. The minimum absolute atomic E-state index is 0.397. The van der Waals surface area contributed by atoms with E-state index in [1.165, 1.54) is 55.3 Å². The Kier molecular flexibility index (Phi) is 4.94. The third kappa shape index (κ3) is 3.00. The molecule has 0 nitrogen and oxygen atoms in total. The third-order valence-corrected chi connectivity index (χ3v) is 8.14. The minimum atomic E-state index is -0.397. The SMILES string of the molecule is Brc1ccc(-c2cc3c(c4ccccc24)C(c2ccccc2)(c2ccccc2)c2ccccc2-3)cc1. The van der Waals surface area contributed by atoms with Crippen LogP contribution in [0.1, 0.15) is 22.3 Å². The van der Waals surface area contributed by atoms with Gasteiger partial charge in [-0.25, -0.2) is 0 Å². The van der Waals surface area contributed by atoms with Crippen molar-refractivity contribution in [2.75, 3.05) is 0 Å². The molecule has 7 rings (SSSR count). The second-order valence-electron chi connectivity index (χ2n) is 9.43. The van der Waals surface area contributed by atoms with Gasteiger partial charge in [0.25, 0.3) is 0 Å². The third-order valence-electron chi connectivity index (χ3n) is 7.61. The molecule has 1 heteroatoms. The van der Waals surface area contributed by atoms with E-state index < -0.39 is 5.41 Å². The molecule has 0 spiro atoms. The molecule has 0 aromatic heterocycles. The van der Waals surface area contributed by atoms with E-state index in [2.05, 4.69) is 155 Å². The lowest BCUT2D eigenvalue weighted by atomic mass is 9.66. The van der Waals surface area contributed by atoms with Crippen LogP contribution in [0.4, 0.5) is 0 Å². The van der Waals surface area contributed by atoms with Gasteiger partial charge in [-0.3, -0.25) is 0 Å². The normalized spacial score (nSPS) is 13.4. The Morgan fingerprint density at radius 3 is 1.67 bits per heavy atom. The molecule has 0 bridgehead atoms. The van der Waals surface area contributed by atoms with Gasteiger partial charge in [-0.1, -0.05) is 137 Å². The number of halogens is 1. The molecule has 0 fully saturated rings. The van der Waals surface area contributed by atoms with Gasteiger partial charge in [-0.2, -0.15) is 0 Å². The first kappa shape index (κ1) is 21.4. The summed E-state index contributed by atoms with van der Waals surface area (Å²) < 4.78 is 1.09. The van der Waals surface area contributed by atoms with Crippen LogP contribution >= 0.6 is 15.9 Å². The zero-order valence-corrected chi connectivity index (χ0v) is 21.2. The monoisotopic (exact) mass is 522 g/mol. The first-order valence-electron chi connectivity index (χ1n) is 12.3. The highest BCUT2D eigenvalue weighted by molar-refractivity contribution is 9.10. The van der Waals surface area contributed by atoms with Crippen LogP contribution in [0.15, 0.2) is 144 Å². The van der Waals surface area contributed by atoms with Crippen molar-refractivity contribution in [2.24, 2.45) is 0 Å². The van der Waals surface area contributed by atoms with Crippen LogP contribution in [-0.4, -0.2) is 0 Å². The van der Waals surface area contributed by atoms with Gasteiger partial charge in [0.1, 0.15) is 0 Å². The standard InChI is InChI=1S/C35H23Br/c36-27-21-19-24(20-22-27)31-23-32-29-16-9-10-18-33(29)35(25-11-3-1-4-12-25,26-13-5-2-6-14-26)34(32)30-17-8-7-15-28(30)31/h1-23H. The van der Waals surface area contributed by atoms with E-state index >= 15 is 0 Å². The summed E-state index contributed by atoms with van der Waals surface area (Å²) in [6.07, 6.45) is 0. The fourth-order valence-electron chi connectivity index (χ4n) is 6.18. The molecule has 0 unspecified atom stereocenters. The van der Waals surface area contributed by atoms with Crippen LogP contribution in [0.3, 0.4) is 0 Å². The van der Waals surface area contributed by atoms with Gasteiger partial charge < -0.3 is 0 Å². The average molecular weight is 523 g/mol. The molecule has 170 valence electrons. The largest absolute Gasteiger partial charge is 0.0719 e. The van der Waals surface area contributed by atoms with Gasteiger partial charge in [0, 0.05) is 4.47 Å². The van der Waals surface area contributed by atoms with Crippen LogP contribution in [0.2, 0.25) is 0 Å². The van der Waals surface area contributed by atoms with Crippen LogP contribution < -0.4 is 0 Å². The predicted molar refractivity (Wildman–Crippen MR) is 154 cm³/mol. The van der Waals surface area contributed by atoms with E-state index in [1.54, 1.807) is 0 Å². The highest BCUT2D eigenvalue weighted by atomic mass is 79.9. The molecule has 0 atom stereocenters. The van der Waals surface area contributed by atoms with E-state index in [4.69, 9.17) is 0 Å². The molecule has 1 aliphatic rings. The predicted octanol–water partition coefficient (Wildman–Crippen LogP) is 9.63. The highest BCUT2D eigenvalue weighted by Crippen LogP contribution is 2.59. The van der Waals surface area contributed by atoms with Crippen LogP contribution in [0.25, 0.3) is 33.0 Å². The summed E-state index contributed by atoms with van der Waals surface area (Å²) in [5.74, 6) is 0. The molecule has 36 heavy (non-hydrogen) atoms. The van der Waals surface area contributed by atoms with E-state index in [1.807, 2.05) is 0 Å². The zero-order chi connectivity index (χ0) is 24.1. The zero-order valence-electron chi connectivity index (χ0n) is 19.7. The molecule has 1 aliphatic carbocycles. The van der Waals surface area contributed by atoms with Gasteiger partial charge in [0.2, 0.25) is 0 Å². The van der Waals surface area contributed by atoms with Crippen molar-refractivity contribution in [1.29, 1.82) is 0 Å². The number of hydrogen-bond acceptors (Lipinski definition) is 0. The lowest BCUT2D eigenvalue weighted by Gasteiger charge is -2.34. The average Bonchev–Trinajstić information content (AvgIpc) is 3.25. The van der Waals surface area contributed by atoms with Gasteiger partial charge >= 0.3 is 0 Å². The summed E-state index contributed by atoms with van der Waals surface area (Å²) in [5, 5.41) is 2.58. The van der Waals surface area contributed by atoms with Crippen molar-refractivity contribution in [2.45, 2.75) is 5.41 Å². The van der Waals surface area contributed by atoms with Crippen molar-refractivity contribution in [3.63, 3.8) is 0 Å². The summed E-state index contributed by atoms with van der Waals surface area (Å²) >= 11 is 3.61. The number of fused-ring (bicyclic) bond motifs is 5. The lowest BCUT2D eigenvalue weighted by molar-refractivity contribution is 0.775. The van der Waals surface area contributed by atoms with E-state index in [0.717, 1.165) is 4.47 Å². The van der Waals surface area contributed by atoms with Gasteiger partial charge in [0.15, 0.2) is 0 Å². The topological polar surface area (TPSA) is 0 Å². The Labute approximate surface area is 220 Å². The second kappa shape index (κ2) is 8.33. The minimum Gasteiger partial charge on any atom is -0.0622 e. The van der Waals surface area contributed by atoms with Crippen molar-refractivity contribution in [3.05, 3.63) is 166 Å². The molecule has 0 heterocycles. The summed E-state index contributed by atoms with van der Waals surface area (Å²) in [7, 11) is 0. The lowest BCUT2D eigenvalue weighted by Crippen LogP contribution is -2.28. The summed E-state index contributed by atoms with van der Waals surface area (Å²) in [6, 6.07) is 51.0. The summed E-state index contributed by atoms with van der Waals surface area (Å²) in [5.41, 5.74) is 10.0. The second-order valence-corrected chi connectivity index (χ2v) is 10.3. The van der Waals surface area contributed by atoms with E-state index in [9.17, 15) is 0 Å². The number of rotatable bonds is 3. The summed E-state index contributed by atoms with van der Waals surface area (Å²) in [6.45, 7) is 0. The molecule has 0 saturated heterocycles. The summed E-state index contributed by atoms with van der Waals surface area (Å²) in [4.78, 5) is 0. The molecule has 0 amide bonds. The van der Waals surface area contributed by atoms with Gasteiger partial charge in [-0.05, 0) is 73.5 Å². The number of benzene rings is 6.